The van der Waals surface area contributed by atoms with Crippen LogP contribution in [0.15, 0.2) is 28.7 Å². The molecule has 1 aromatic carbocycles. The molecule has 0 fully saturated rings. The van der Waals surface area contributed by atoms with Crippen molar-refractivity contribution in [1.82, 2.24) is 4.90 Å². The second kappa shape index (κ2) is 5.57. The lowest BCUT2D eigenvalue weighted by Gasteiger charge is -2.28. The summed E-state index contributed by atoms with van der Waals surface area (Å²) in [4.78, 5) is 13.7. The highest BCUT2D eigenvalue weighted by Gasteiger charge is 2.22. The minimum absolute atomic E-state index is 0.192. The van der Waals surface area contributed by atoms with Gasteiger partial charge < -0.3 is 9.64 Å². The molecule has 0 N–H and O–H groups in total. The van der Waals surface area contributed by atoms with Crippen molar-refractivity contribution in [3.63, 3.8) is 0 Å². The molecule has 0 aliphatic carbocycles. The van der Waals surface area contributed by atoms with E-state index in [1.54, 1.807) is 7.11 Å². The maximum Gasteiger partial charge on any atom is 0.227 e. The summed E-state index contributed by atoms with van der Waals surface area (Å²) in [6.07, 6.45) is 3.53. The van der Waals surface area contributed by atoms with Gasteiger partial charge in [0.05, 0.1) is 7.11 Å². The lowest BCUT2D eigenvalue weighted by Crippen LogP contribution is -2.31. The first-order valence-electron chi connectivity index (χ1n) is 6.01. The Kier molecular flexibility index (Phi) is 4.07. The zero-order valence-electron chi connectivity index (χ0n) is 10.6. The molecular formula is C14H16BrNO2. The number of hydrogen-bond donors (Lipinski definition) is 0. The molecule has 1 amide bonds. The van der Waals surface area contributed by atoms with E-state index in [-0.39, 0.29) is 5.91 Å². The number of halogens is 1. The molecule has 0 spiro atoms. The normalized spacial score (nSPS) is 15.6. The summed E-state index contributed by atoms with van der Waals surface area (Å²) in [6, 6.07) is 5.81. The Hall–Kier alpha value is -1.29. The second-order valence-corrected chi connectivity index (χ2v) is 4.97. The SMILES string of the molecule is CCN1C(=O)CCC=C1c1ccc(OC)cc1Br. The monoisotopic (exact) mass is 309 g/mol. The zero-order chi connectivity index (χ0) is 13.1. The van der Waals surface area contributed by atoms with E-state index >= 15 is 0 Å². The maximum atomic E-state index is 11.9. The first-order valence-corrected chi connectivity index (χ1v) is 6.81. The lowest BCUT2D eigenvalue weighted by molar-refractivity contribution is -0.128. The van der Waals surface area contributed by atoms with E-state index in [0.29, 0.717) is 13.0 Å². The highest BCUT2D eigenvalue weighted by molar-refractivity contribution is 9.10. The molecule has 0 saturated heterocycles. The van der Waals surface area contributed by atoms with Crippen molar-refractivity contribution in [2.45, 2.75) is 19.8 Å². The number of allylic oxidation sites excluding steroid dienone is 1. The van der Waals surface area contributed by atoms with E-state index in [9.17, 15) is 4.79 Å². The smallest absolute Gasteiger partial charge is 0.227 e. The third-order valence-electron chi connectivity index (χ3n) is 3.06. The third kappa shape index (κ3) is 2.43. The van der Waals surface area contributed by atoms with E-state index in [4.69, 9.17) is 4.74 Å². The van der Waals surface area contributed by atoms with Gasteiger partial charge in [0.25, 0.3) is 0 Å². The number of rotatable bonds is 3. The summed E-state index contributed by atoms with van der Waals surface area (Å²) in [6.45, 7) is 2.69. The third-order valence-corrected chi connectivity index (χ3v) is 3.71. The van der Waals surface area contributed by atoms with E-state index < -0.39 is 0 Å². The van der Waals surface area contributed by atoms with Gasteiger partial charge in [0, 0.05) is 28.7 Å². The second-order valence-electron chi connectivity index (χ2n) is 4.11. The average molecular weight is 310 g/mol. The fourth-order valence-corrected chi connectivity index (χ4v) is 2.71. The molecule has 0 saturated carbocycles. The molecule has 3 nitrogen and oxygen atoms in total. The van der Waals surface area contributed by atoms with Gasteiger partial charge in [-0.25, -0.2) is 0 Å². The van der Waals surface area contributed by atoms with E-state index in [1.807, 2.05) is 30.0 Å². The first-order chi connectivity index (χ1) is 8.67. The van der Waals surface area contributed by atoms with Crippen molar-refractivity contribution in [1.29, 1.82) is 0 Å². The number of carbonyl (C=O) groups is 1. The van der Waals surface area contributed by atoms with Gasteiger partial charge in [0.15, 0.2) is 0 Å². The molecule has 0 radical (unpaired) electrons. The predicted molar refractivity (Wildman–Crippen MR) is 75.3 cm³/mol. The van der Waals surface area contributed by atoms with Crippen molar-refractivity contribution in [3.8, 4) is 5.75 Å². The Bertz CT molecular complexity index is 497. The molecule has 18 heavy (non-hydrogen) atoms. The van der Waals surface area contributed by atoms with E-state index in [0.717, 1.165) is 27.9 Å². The Labute approximate surface area is 116 Å². The molecule has 0 unspecified atom stereocenters. The van der Waals surface area contributed by atoms with Gasteiger partial charge >= 0.3 is 0 Å². The minimum Gasteiger partial charge on any atom is -0.497 e. The standard InChI is InChI=1S/C14H16BrNO2/c1-3-16-13(5-4-6-14(16)17)11-8-7-10(18-2)9-12(11)15/h5,7-9H,3-4,6H2,1-2H3. The van der Waals surface area contributed by atoms with Crippen LogP contribution in [-0.2, 0) is 4.79 Å². The minimum atomic E-state index is 0.192. The molecule has 1 aromatic rings. The molecule has 0 atom stereocenters. The van der Waals surface area contributed by atoms with Crippen LogP contribution < -0.4 is 4.74 Å². The van der Waals surface area contributed by atoms with Crippen molar-refractivity contribution in [2.75, 3.05) is 13.7 Å². The summed E-state index contributed by atoms with van der Waals surface area (Å²) in [5.74, 6) is 0.995. The van der Waals surface area contributed by atoms with Gasteiger partial charge in [-0.05, 0) is 47.5 Å². The van der Waals surface area contributed by atoms with E-state index in [1.165, 1.54) is 0 Å². The molecular weight excluding hydrogens is 294 g/mol. The molecule has 96 valence electrons. The molecule has 1 heterocycles. The van der Waals surface area contributed by atoms with Crippen LogP contribution in [0.25, 0.3) is 5.70 Å². The number of carbonyl (C=O) groups excluding carboxylic acids is 1. The average Bonchev–Trinajstić information content (AvgIpc) is 2.38. The fraction of sp³-hybridized carbons (Fsp3) is 0.357. The number of methoxy groups -OCH3 is 1. The van der Waals surface area contributed by atoms with Crippen molar-refractivity contribution in [3.05, 3.63) is 34.3 Å². The number of benzene rings is 1. The van der Waals surface area contributed by atoms with Gasteiger partial charge in [-0.2, -0.15) is 0 Å². The molecule has 4 heteroatoms. The summed E-state index contributed by atoms with van der Waals surface area (Å²) in [7, 11) is 1.64. The van der Waals surface area contributed by atoms with Crippen molar-refractivity contribution >= 4 is 27.5 Å². The Morgan fingerprint density at radius 3 is 2.83 bits per heavy atom. The number of hydrogen-bond acceptors (Lipinski definition) is 2. The summed E-state index contributed by atoms with van der Waals surface area (Å²) in [5, 5.41) is 0. The van der Waals surface area contributed by atoms with Gasteiger partial charge in [-0.15, -0.1) is 0 Å². The zero-order valence-corrected chi connectivity index (χ0v) is 12.2. The maximum absolute atomic E-state index is 11.9. The topological polar surface area (TPSA) is 29.5 Å². The van der Waals surface area contributed by atoms with Crippen LogP contribution in [0.1, 0.15) is 25.3 Å². The quantitative estimate of drug-likeness (QED) is 0.856. The fourth-order valence-electron chi connectivity index (χ4n) is 2.14. The molecule has 0 aromatic heterocycles. The van der Waals surface area contributed by atoms with E-state index in [2.05, 4.69) is 22.0 Å². The van der Waals surface area contributed by atoms with Gasteiger partial charge in [-0.3, -0.25) is 4.79 Å². The predicted octanol–water partition coefficient (Wildman–Crippen LogP) is 3.44. The summed E-state index contributed by atoms with van der Waals surface area (Å²) >= 11 is 3.54. The summed E-state index contributed by atoms with van der Waals surface area (Å²) < 4.78 is 6.13. The number of ether oxygens (including phenoxy) is 1. The lowest BCUT2D eigenvalue weighted by atomic mass is 10.0. The van der Waals surface area contributed by atoms with Crippen molar-refractivity contribution < 1.29 is 9.53 Å². The van der Waals surface area contributed by atoms with Crippen LogP contribution in [0.2, 0.25) is 0 Å². The Balaban J connectivity index is 2.41. The van der Waals surface area contributed by atoms with Crippen LogP contribution in [0.5, 0.6) is 5.75 Å². The van der Waals surface area contributed by atoms with Crippen LogP contribution in [0.3, 0.4) is 0 Å². The van der Waals surface area contributed by atoms with Gasteiger partial charge in [-0.1, -0.05) is 6.08 Å². The first kappa shape index (κ1) is 13.1. The molecule has 2 rings (SSSR count). The van der Waals surface area contributed by atoms with Gasteiger partial charge in [0.1, 0.15) is 5.75 Å². The summed E-state index contributed by atoms with van der Waals surface area (Å²) in [5.41, 5.74) is 2.02. The number of amides is 1. The van der Waals surface area contributed by atoms with Crippen LogP contribution >= 0.6 is 15.9 Å². The van der Waals surface area contributed by atoms with Crippen molar-refractivity contribution in [2.24, 2.45) is 0 Å². The number of nitrogens with zero attached hydrogens (tertiary/aromatic N) is 1. The molecule has 1 aliphatic heterocycles. The highest BCUT2D eigenvalue weighted by Crippen LogP contribution is 2.32. The largest absolute Gasteiger partial charge is 0.497 e. The highest BCUT2D eigenvalue weighted by atomic mass is 79.9. The van der Waals surface area contributed by atoms with Crippen LogP contribution in [-0.4, -0.2) is 24.5 Å². The Morgan fingerprint density at radius 2 is 2.22 bits per heavy atom. The Morgan fingerprint density at radius 1 is 1.44 bits per heavy atom. The molecule has 0 bridgehead atoms. The molecule has 1 aliphatic rings. The van der Waals surface area contributed by atoms with Gasteiger partial charge in [0.2, 0.25) is 5.91 Å². The van der Waals surface area contributed by atoms with Crippen LogP contribution in [0.4, 0.5) is 0 Å². The van der Waals surface area contributed by atoms with Crippen LogP contribution in [0, 0.1) is 0 Å².